The van der Waals surface area contributed by atoms with Gasteiger partial charge < -0.3 is 19.9 Å². The molecule has 2 aromatic carbocycles. The molecule has 0 aliphatic rings. The quantitative estimate of drug-likeness (QED) is 0.252. The molecule has 0 saturated heterocycles. The second-order valence-corrected chi connectivity index (χ2v) is 6.77. The number of hydrogen-bond donors (Lipinski definition) is 2. The van der Waals surface area contributed by atoms with E-state index in [0.717, 1.165) is 6.54 Å². The molecule has 1 aromatic heterocycles. The molecule has 2 unspecified atom stereocenters. The molecule has 0 saturated carbocycles. The van der Waals surface area contributed by atoms with Crippen molar-refractivity contribution >= 4 is 40.7 Å². The lowest BCUT2D eigenvalue weighted by atomic mass is 10.00. The molecule has 0 spiro atoms. The fourth-order valence-corrected chi connectivity index (χ4v) is 3.20. The first-order valence-electron chi connectivity index (χ1n) is 10.1. The number of benzene rings is 2. The highest BCUT2D eigenvalue weighted by atomic mass is 127. The standard InChI is InChI=1S/C22H29N5O2.HI/c1-5-23-22(24-14-20-26-21(27-29-20)16(4)28-6-2)25-15(3)18-13-9-11-17-10-7-8-12-19(17)18;/h7-13,15-16H,5-6,14H2,1-4H3,(H2,23,24,25);1H. The maximum atomic E-state index is 5.50. The van der Waals surface area contributed by atoms with Gasteiger partial charge in [-0.3, -0.25) is 0 Å². The van der Waals surface area contributed by atoms with Gasteiger partial charge in [-0.1, -0.05) is 47.6 Å². The summed E-state index contributed by atoms with van der Waals surface area (Å²) >= 11 is 0. The van der Waals surface area contributed by atoms with E-state index in [4.69, 9.17) is 9.26 Å². The first-order valence-corrected chi connectivity index (χ1v) is 10.1. The third-order valence-corrected chi connectivity index (χ3v) is 4.62. The number of hydrogen-bond acceptors (Lipinski definition) is 5. The van der Waals surface area contributed by atoms with Crippen LogP contribution in [0.2, 0.25) is 0 Å². The molecule has 8 heteroatoms. The Balaban J connectivity index is 0.00000320. The molecule has 0 radical (unpaired) electrons. The summed E-state index contributed by atoms with van der Waals surface area (Å²) in [5.41, 5.74) is 1.22. The van der Waals surface area contributed by atoms with E-state index in [-0.39, 0.29) is 36.1 Å². The molecule has 162 valence electrons. The van der Waals surface area contributed by atoms with Crippen LogP contribution < -0.4 is 10.6 Å². The molecular formula is C22H30IN5O2. The van der Waals surface area contributed by atoms with E-state index >= 15 is 0 Å². The molecule has 0 amide bonds. The average Bonchev–Trinajstić information content (AvgIpc) is 3.21. The van der Waals surface area contributed by atoms with Crippen LogP contribution in [-0.2, 0) is 11.3 Å². The van der Waals surface area contributed by atoms with Crippen LogP contribution in [0.5, 0.6) is 0 Å². The number of nitrogens with zero attached hydrogens (tertiary/aromatic N) is 3. The number of fused-ring (bicyclic) bond motifs is 1. The van der Waals surface area contributed by atoms with E-state index in [1.807, 2.05) is 20.8 Å². The van der Waals surface area contributed by atoms with Crippen LogP contribution in [0, 0.1) is 0 Å². The van der Waals surface area contributed by atoms with Gasteiger partial charge in [0.2, 0.25) is 5.89 Å². The topological polar surface area (TPSA) is 84.6 Å². The third-order valence-electron chi connectivity index (χ3n) is 4.62. The fourth-order valence-electron chi connectivity index (χ4n) is 3.20. The van der Waals surface area contributed by atoms with Crippen molar-refractivity contribution in [1.29, 1.82) is 0 Å². The maximum absolute atomic E-state index is 5.50. The zero-order valence-electron chi connectivity index (χ0n) is 17.9. The Kier molecular flexibility index (Phi) is 9.51. The molecule has 30 heavy (non-hydrogen) atoms. The van der Waals surface area contributed by atoms with E-state index in [2.05, 4.69) is 75.2 Å². The van der Waals surface area contributed by atoms with E-state index in [1.165, 1.54) is 16.3 Å². The summed E-state index contributed by atoms with van der Waals surface area (Å²) in [5.74, 6) is 1.70. The van der Waals surface area contributed by atoms with E-state index in [1.54, 1.807) is 0 Å². The molecular weight excluding hydrogens is 493 g/mol. The van der Waals surface area contributed by atoms with Gasteiger partial charge in [-0.15, -0.1) is 24.0 Å². The summed E-state index contributed by atoms with van der Waals surface area (Å²) in [7, 11) is 0. The minimum Gasteiger partial charge on any atom is -0.371 e. The van der Waals surface area contributed by atoms with Gasteiger partial charge in [0.05, 0.1) is 6.04 Å². The van der Waals surface area contributed by atoms with Crippen molar-refractivity contribution in [2.75, 3.05) is 13.2 Å². The molecule has 0 fully saturated rings. The van der Waals surface area contributed by atoms with Crippen LogP contribution in [0.1, 0.15) is 57.1 Å². The lowest BCUT2D eigenvalue weighted by Gasteiger charge is -2.19. The maximum Gasteiger partial charge on any atom is 0.248 e. The van der Waals surface area contributed by atoms with Crippen LogP contribution in [0.25, 0.3) is 10.8 Å². The first-order chi connectivity index (χ1) is 14.1. The smallest absolute Gasteiger partial charge is 0.248 e. The SMILES string of the molecule is CCNC(=NCc1nc(C(C)OCC)no1)NC(C)c1cccc2ccccc12.I. The van der Waals surface area contributed by atoms with Crippen molar-refractivity contribution in [2.24, 2.45) is 4.99 Å². The van der Waals surface area contributed by atoms with Crippen LogP contribution in [0.3, 0.4) is 0 Å². The van der Waals surface area contributed by atoms with Crippen LogP contribution in [-0.4, -0.2) is 29.3 Å². The number of nitrogens with one attached hydrogen (secondary N) is 2. The number of aliphatic imine (C=N–C) groups is 1. The van der Waals surface area contributed by atoms with Gasteiger partial charge in [0, 0.05) is 13.2 Å². The minimum absolute atomic E-state index is 0. The van der Waals surface area contributed by atoms with Crippen molar-refractivity contribution in [3.05, 3.63) is 59.7 Å². The zero-order chi connectivity index (χ0) is 20.6. The van der Waals surface area contributed by atoms with Gasteiger partial charge >= 0.3 is 0 Å². The summed E-state index contributed by atoms with van der Waals surface area (Å²) in [5, 5.41) is 13.2. The van der Waals surface area contributed by atoms with Gasteiger partial charge in [-0.05, 0) is 44.0 Å². The molecule has 7 nitrogen and oxygen atoms in total. The largest absolute Gasteiger partial charge is 0.371 e. The lowest BCUT2D eigenvalue weighted by Crippen LogP contribution is -2.38. The summed E-state index contributed by atoms with van der Waals surface area (Å²) in [6.45, 7) is 9.65. The Bertz CT molecular complexity index is 954. The summed E-state index contributed by atoms with van der Waals surface area (Å²) in [6, 6.07) is 14.8. The summed E-state index contributed by atoms with van der Waals surface area (Å²) in [6.07, 6.45) is -0.195. The normalized spacial score (nSPS) is 13.5. The molecule has 2 atom stereocenters. The molecule has 3 aromatic rings. The third kappa shape index (κ3) is 6.15. The number of guanidine groups is 1. The van der Waals surface area contributed by atoms with Gasteiger partial charge in [-0.2, -0.15) is 4.98 Å². The predicted octanol–water partition coefficient (Wildman–Crippen LogP) is 4.75. The Labute approximate surface area is 194 Å². The monoisotopic (exact) mass is 523 g/mol. The Morgan fingerprint density at radius 1 is 1.13 bits per heavy atom. The Hall–Kier alpha value is -2.20. The first kappa shape index (κ1) is 24.1. The molecule has 0 bridgehead atoms. The summed E-state index contributed by atoms with van der Waals surface area (Å²) < 4.78 is 10.8. The number of aromatic nitrogens is 2. The fraction of sp³-hybridized carbons (Fsp3) is 0.409. The summed E-state index contributed by atoms with van der Waals surface area (Å²) in [4.78, 5) is 8.98. The molecule has 0 aliphatic heterocycles. The molecule has 2 N–H and O–H groups in total. The number of rotatable bonds is 8. The zero-order valence-corrected chi connectivity index (χ0v) is 20.2. The molecule has 0 aliphatic carbocycles. The highest BCUT2D eigenvalue weighted by Crippen LogP contribution is 2.24. The van der Waals surface area contributed by atoms with Crippen LogP contribution >= 0.6 is 24.0 Å². The lowest BCUT2D eigenvalue weighted by molar-refractivity contribution is 0.0683. The van der Waals surface area contributed by atoms with E-state index in [9.17, 15) is 0 Å². The van der Waals surface area contributed by atoms with Crippen molar-refractivity contribution < 1.29 is 9.26 Å². The predicted molar refractivity (Wildman–Crippen MR) is 130 cm³/mol. The van der Waals surface area contributed by atoms with Gasteiger partial charge in [0.1, 0.15) is 12.6 Å². The molecule has 1 heterocycles. The van der Waals surface area contributed by atoms with Crippen molar-refractivity contribution in [2.45, 2.75) is 46.4 Å². The van der Waals surface area contributed by atoms with Gasteiger partial charge in [0.25, 0.3) is 0 Å². The minimum atomic E-state index is -0.195. The van der Waals surface area contributed by atoms with Gasteiger partial charge in [-0.25, -0.2) is 4.99 Å². The van der Waals surface area contributed by atoms with Crippen molar-refractivity contribution in [1.82, 2.24) is 20.8 Å². The van der Waals surface area contributed by atoms with Crippen LogP contribution in [0.15, 0.2) is 52.0 Å². The number of halogens is 1. The Morgan fingerprint density at radius 2 is 1.90 bits per heavy atom. The second-order valence-electron chi connectivity index (χ2n) is 6.77. The van der Waals surface area contributed by atoms with E-state index < -0.39 is 0 Å². The molecule has 3 rings (SSSR count). The van der Waals surface area contributed by atoms with E-state index in [0.29, 0.717) is 30.8 Å². The number of ether oxygens (including phenoxy) is 1. The average molecular weight is 523 g/mol. The van der Waals surface area contributed by atoms with Gasteiger partial charge in [0.15, 0.2) is 11.8 Å². The highest BCUT2D eigenvalue weighted by molar-refractivity contribution is 14.0. The highest BCUT2D eigenvalue weighted by Gasteiger charge is 2.14. The van der Waals surface area contributed by atoms with Crippen molar-refractivity contribution in [3.63, 3.8) is 0 Å². The second kappa shape index (κ2) is 11.8. The van der Waals surface area contributed by atoms with Crippen molar-refractivity contribution in [3.8, 4) is 0 Å². The Morgan fingerprint density at radius 3 is 2.67 bits per heavy atom. The van der Waals surface area contributed by atoms with Crippen LogP contribution in [0.4, 0.5) is 0 Å².